The molecule has 0 radical (unpaired) electrons. The zero-order valence-electron chi connectivity index (χ0n) is 15.2. The summed E-state index contributed by atoms with van der Waals surface area (Å²) < 4.78 is 0. The second-order valence-corrected chi connectivity index (χ2v) is 6.35. The van der Waals surface area contributed by atoms with E-state index >= 15 is 0 Å². The van der Waals surface area contributed by atoms with Gasteiger partial charge in [0.25, 0.3) is 0 Å². The van der Waals surface area contributed by atoms with Crippen molar-refractivity contribution in [3.63, 3.8) is 0 Å². The lowest BCUT2D eigenvalue weighted by molar-refractivity contribution is -0.143. The first-order valence-corrected chi connectivity index (χ1v) is 8.98. The maximum Gasteiger partial charge on any atom is 0.328 e. The van der Waals surface area contributed by atoms with Crippen molar-refractivity contribution in [2.75, 3.05) is 19.0 Å². The third-order valence-electron chi connectivity index (χ3n) is 3.94. The van der Waals surface area contributed by atoms with Crippen LogP contribution < -0.4 is 21.7 Å². The van der Waals surface area contributed by atoms with E-state index in [1.807, 2.05) is 0 Å². The van der Waals surface area contributed by atoms with Gasteiger partial charge < -0.3 is 37.0 Å². The Bertz CT molecular complexity index is 534. The van der Waals surface area contributed by atoms with E-state index in [2.05, 4.69) is 28.6 Å². The molecule has 156 valence electrons. The summed E-state index contributed by atoms with van der Waals surface area (Å²) in [5, 5.41) is 33.7. The van der Waals surface area contributed by atoms with E-state index in [1.165, 1.54) is 0 Å². The lowest BCUT2D eigenvalue weighted by Gasteiger charge is -2.27. The lowest BCUT2D eigenvalue weighted by atomic mass is 9.97. The highest BCUT2D eigenvalue weighted by molar-refractivity contribution is 7.80. The molecule has 12 heteroatoms. The fourth-order valence-electron chi connectivity index (χ4n) is 1.96. The number of carbonyl (C=O) groups is 4. The highest BCUT2D eigenvalue weighted by Gasteiger charge is 2.31. The standard InChI is InChI=1S/C15H28N4O7S/c1-3-7(2)11(19-12(22)8(16)4-20)14(24)18-10(6-27)13(23)17-9(5-21)15(25)26/h7-11,20-21,27H,3-6,16H2,1-2H3,(H,17,23)(H,18,24)(H,19,22)(H,25,26). The summed E-state index contributed by atoms with van der Waals surface area (Å²) in [5.74, 6) is -4.15. The highest BCUT2D eigenvalue weighted by atomic mass is 32.1. The summed E-state index contributed by atoms with van der Waals surface area (Å²) in [5.41, 5.74) is 5.43. The van der Waals surface area contributed by atoms with Crippen molar-refractivity contribution >= 4 is 36.3 Å². The number of thiol groups is 1. The van der Waals surface area contributed by atoms with Crippen molar-refractivity contribution in [2.24, 2.45) is 11.7 Å². The summed E-state index contributed by atoms with van der Waals surface area (Å²) >= 11 is 3.97. The van der Waals surface area contributed by atoms with E-state index in [-0.39, 0.29) is 11.7 Å². The number of nitrogens with two attached hydrogens (primary N) is 1. The zero-order valence-corrected chi connectivity index (χ0v) is 16.1. The molecule has 0 heterocycles. The van der Waals surface area contributed by atoms with Gasteiger partial charge in [-0.2, -0.15) is 12.6 Å². The first kappa shape index (κ1) is 25.1. The number of rotatable bonds is 12. The van der Waals surface area contributed by atoms with Gasteiger partial charge in [0.1, 0.15) is 24.2 Å². The predicted octanol–water partition coefficient (Wildman–Crippen LogP) is -3.19. The summed E-state index contributed by atoms with van der Waals surface area (Å²) in [7, 11) is 0. The second kappa shape index (κ2) is 12.5. The third kappa shape index (κ3) is 8.12. The van der Waals surface area contributed by atoms with Gasteiger partial charge in [-0.25, -0.2) is 4.79 Å². The van der Waals surface area contributed by atoms with Crippen molar-refractivity contribution in [1.29, 1.82) is 0 Å². The Balaban J connectivity index is 5.17. The minimum absolute atomic E-state index is 0.146. The molecule has 0 spiro atoms. The molecule has 27 heavy (non-hydrogen) atoms. The van der Waals surface area contributed by atoms with Crippen molar-refractivity contribution in [1.82, 2.24) is 16.0 Å². The minimum atomic E-state index is -1.52. The van der Waals surface area contributed by atoms with Gasteiger partial charge in [0.05, 0.1) is 13.2 Å². The molecule has 0 aliphatic rings. The van der Waals surface area contributed by atoms with E-state index in [0.29, 0.717) is 6.42 Å². The molecule has 0 rings (SSSR count). The quantitative estimate of drug-likeness (QED) is 0.155. The number of aliphatic hydroxyl groups excluding tert-OH is 2. The number of hydrogen-bond acceptors (Lipinski definition) is 8. The topological polar surface area (TPSA) is 191 Å². The van der Waals surface area contributed by atoms with Crippen LogP contribution in [0.4, 0.5) is 0 Å². The molecule has 0 bridgehead atoms. The monoisotopic (exact) mass is 408 g/mol. The third-order valence-corrected chi connectivity index (χ3v) is 4.30. The molecule has 5 unspecified atom stereocenters. The van der Waals surface area contributed by atoms with Crippen LogP contribution in [0.1, 0.15) is 20.3 Å². The van der Waals surface area contributed by atoms with Crippen molar-refractivity contribution in [3.05, 3.63) is 0 Å². The minimum Gasteiger partial charge on any atom is -0.480 e. The van der Waals surface area contributed by atoms with Gasteiger partial charge in [-0.05, 0) is 5.92 Å². The summed E-state index contributed by atoms with van der Waals surface area (Å²) in [4.78, 5) is 47.5. The van der Waals surface area contributed by atoms with Crippen molar-refractivity contribution < 1.29 is 34.5 Å². The van der Waals surface area contributed by atoms with Crippen LogP contribution in [0.5, 0.6) is 0 Å². The van der Waals surface area contributed by atoms with E-state index < -0.39 is 61.1 Å². The van der Waals surface area contributed by atoms with E-state index in [1.54, 1.807) is 13.8 Å². The molecule has 0 aromatic rings. The SMILES string of the molecule is CCC(C)C(NC(=O)C(N)CO)C(=O)NC(CS)C(=O)NC(CO)C(=O)O. The van der Waals surface area contributed by atoms with E-state index in [0.717, 1.165) is 0 Å². The molecule has 0 saturated heterocycles. The maximum atomic E-state index is 12.5. The van der Waals surface area contributed by atoms with Gasteiger partial charge in [-0.3, -0.25) is 14.4 Å². The molecule has 5 atom stereocenters. The molecule has 8 N–H and O–H groups in total. The van der Waals surface area contributed by atoms with Crippen LogP contribution in [-0.4, -0.2) is 82.1 Å². The smallest absolute Gasteiger partial charge is 0.328 e. The molecule has 0 aromatic heterocycles. The first-order chi connectivity index (χ1) is 12.6. The van der Waals surface area contributed by atoms with Crippen LogP contribution in [0.3, 0.4) is 0 Å². The average molecular weight is 408 g/mol. The Morgan fingerprint density at radius 1 is 0.963 bits per heavy atom. The van der Waals surface area contributed by atoms with E-state index in [4.69, 9.17) is 21.1 Å². The second-order valence-electron chi connectivity index (χ2n) is 5.99. The Hall–Kier alpha value is -1.89. The summed E-state index contributed by atoms with van der Waals surface area (Å²) in [6, 6.07) is -4.94. The molecule has 0 aliphatic heterocycles. The molecule has 3 amide bonds. The lowest BCUT2D eigenvalue weighted by Crippen LogP contribution is -2.59. The van der Waals surface area contributed by atoms with Crippen LogP contribution in [-0.2, 0) is 19.2 Å². The molecule has 11 nitrogen and oxygen atoms in total. The number of carboxylic acid groups (broad SMARTS) is 1. The van der Waals surface area contributed by atoms with Gasteiger partial charge in [0.2, 0.25) is 17.7 Å². The number of carbonyl (C=O) groups excluding carboxylic acids is 3. The highest BCUT2D eigenvalue weighted by Crippen LogP contribution is 2.09. The van der Waals surface area contributed by atoms with Crippen LogP contribution in [0.25, 0.3) is 0 Å². The van der Waals surface area contributed by atoms with Crippen LogP contribution >= 0.6 is 12.6 Å². The molecule has 0 aromatic carbocycles. The molecule has 0 aliphatic carbocycles. The first-order valence-electron chi connectivity index (χ1n) is 8.34. The normalized spacial score (nSPS) is 16.4. The Labute approximate surface area is 162 Å². The summed E-state index contributed by atoms with van der Waals surface area (Å²) in [6.07, 6.45) is 0.524. The molecule has 0 fully saturated rings. The number of hydrogen-bond donors (Lipinski definition) is 8. The van der Waals surface area contributed by atoms with Gasteiger partial charge in [0, 0.05) is 5.75 Å². The molecular weight excluding hydrogens is 380 g/mol. The Morgan fingerprint density at radius 3 is 1.93 bits per heavy atom. The van der Waals surface area contributed by atoms with Crippen LogP contribution in [0, 0.1) is 5.92 Å². The number of aliphatic hydroxyl groups is 2. The molecular formula is C15H28N4O7S. The molecule has 0 saturated carbocycles. The number of nitrogens with one attached hydrogen (secondary N) is 3. The summed E-state index contributed by atoms with van der Waals surface area (Å²) in [6.45, 7) is 2.08. The van der Waals surface area contributed by atoms with E-state index in [9.17, 15) is 19.2 Å². The van der Waals surface area contributed by atoms with Crippen LogP contribution in [0.15, 0.2) is 0 Å². The number of carboxylic acids is 1. The zero-order chi connectivity index (χ0) is 21.1. The van der Waals surface area contributed by atoms with Gasteiger partial charge >= 0.3 is 5.97 Å². The van der Waals surface area contributed by atoms with Gasteiger partial charge in [0.15, 0.2) is 0 Å². The van der Waals surface area contributed by atoms with Crippen LogP contribution in [0.2, 0.25) is 0 Å². The van der Waals surface area contributed by atoms with Crippen molar-refractivity contribution in [2.45, 2.75) is 44.4 Å². The fraction of sp³-hybridized carbons (Fsp3) is 0.733. The fourth-order valence-corrected chi connectivity index (χ4v) is 2.22. The maximum absolute atomic E-state index is 12.5. The Morgan fingerprint density at radius 2 is 1.52 bits per heavy atom. The van der Waals surface area contributed by atoms with Gasteiger partial charge in [-0.15, -0.1) is 0 Å². The largest absolute Gasteiger partial charge is 0.480 e. The van der Waals surface area contributed by atoms with Gasteiger partial charge in [-0.1, -0.05) is 20.3 Å². The van der Waals surface area contributed by atoms with Crippen molar-refractivity contribution in [3.8, 4) is 0 Å². The predicted molar refractivity (Wildman–Crippen MR) is 98.9 cm³/mol. The average Bonchev–Trinajstić information content (AvgIpc) is 2.65. The number of amides is 3. The number of aliphatic carboxylic acids is 1. The Kier molecular flexibility index (Phi) is 11.6.